The molecule has 5 heteroatoms. The Hall–Kier alpha value is -2.56. The molecule has 1 N–H and O–H groups in total. The summed E-state index contributed by atoms with van der Waals surface area (Å²) in [6.45, 7) is 3.90. The molecule has 1 aromatic heterocycles. The van der Waals surface area contributed by atoms with Crippen molar-refractivity contribution in [2.75, 3.05) is 0 Å². The number of carbonyl (C=O) groups is 1. The van der Waals surface area contributed by atoms with Gasteiger partial charge in [-0.2, -0.15) is 0 Å². The zero-order valence-corrected chi connectivity index (χ0v) is 12.2. The van der Waals surface area contributed by atoms with Gasteiger partial charge < -0.3 is 14.4 Å². The van der Waals surface area contributed by atoms with Gasteiger partial charge in [-0.15, -0.1) is 0 Å². The molecule has 0 unspecified atom stereocenters. The highest BCUT2D eigenvalue weighted by molar-refractivity contribution is 5.66. The van der Waals surface area contributed by atoms with Gasteiger partial charge in [0.2, 0.25) is 0 Å². The fraction of sp³-hybridized carbons (Fsp3) is 0.250. The van der Waals surface area contributed by atoms with Gasteiger partial charge in [-0.3, -0.25) is 9.59 Å². The number of rotatable bonds is 5. The molecule has 5 nitrogen and oxygen atoms in total. The number of nitrogens with zero attached hydrogens (tertiary/aromatic N) is 1. The third kappa shape index (κ3) is 5.14. The van der Waals surface area contributed by atoms with Crippen molar-refractivity contribution in [3.05, 3.63) is 64.6 Å². The zero-order chi connectivity index (χ0) is 15.7. The van der Waals surface area contributed by atoms with Gasteiger partial charge in [0.1, 0.15) is 13.2 Å². The molecule has 0 saturated heterocycles. The van der Waals surface area contributed by atoms with E-state index in [2.05, 4.69) is 0 Å². The first-order valence-electron chi connectivity index (χ1n) is 6.75. The van der Waals surface area contributed by atoms with E-state index in [0.29, 0.717) is 0 Å². The molecule has 0 aliphatic carbocycles. The minimum Gasteiger partial charge on any atom is -0.483 e. The maximum atomic E-state index is 11.9. The fourth-order valence-electron chi connectivity index (χ4n) is 1.63. The second-order valence-corrected chi connectivity index (χ2v) is 3.97. The molecule has 0 atom stereocenters. The molecule has 21 heavy (non-hydrogen) atoms. The molecule has 0 bridgehead atoms. The fourth-order valence-corrected chi connectivity index (χ4v) is 1.63. The lowest BCUT2D eigenvalue weighted by Gasteiger charge is -2.08. The molecule has 0 spiro atoms. The van der Waals surface area contributed by atoms with Crippen molar-refractivity contribution in [1.82, 2.24) is 4.57 Å². The molecule has 0 aliphatic rings. The Morgan fingerprint density at radius 3 is 2.43 bits per heavy atom. The summed E-state index contributed by atoms with van der Waals surface area (Å²) < 4.78 is 6.52. The van der Waals surface area contributed by atoms with Crippen molar-refractivity contribution in [2.24, 2.45) is 0 Å². The van der Waals surface area contributed by atoms with Crippen LogP contribution in [0.25, 0.3) is 0 Å². The van der Waals surface area contributed by atoms with Crippen LogP contribution < -0.4 is 10.3 Å². The van der Waals surface area contributed by atoms with Crippen LogP contribution >= 0.6 is 0 Å². The number of aliphatic carboxylic acids is 1. The molecule has 2 aromatic rings. The first-order chi connectivity index (χ1) is 10.2. The first kappa shape index (κ1) is 16.5. The summed E-state index contributed by atoms with van der Waals surface area (Å²) in [6.07, 6.45) is 1.42. The predicted octanol–water partition coefficient (Wildman–Crippen LogP) is 2.54. The highest BCUT2D eigenvalue weighted by atomic mass is 16.5. The maximum absolute atomic E-state index is 11.9. The molecule has 2 rings (SSSR count). The Morgan fingerprint density at radius 1 is 1.14 bits per heavy atom. The number of carboxylic acids is 1. The number of aromatic nitrogens is 1. The SMILES string of the molecule is CC.O=C(O)Cn1cccc(OCc2ccccc2)c1=O. The minimum atomic E-state index is -1.07. The molecule has 1 aromatic carbocycles. The van der Waals surface area contributed by atoms with Gasteiger partial charge >= 0.3 is 5.97 Å². The quantitative estimate of drug-likeness (QED) is 0.918. The van der Waals surface area contributed by atoms with E-state index >= 15 is 0 Å². The number of hydrogen-bond acceptors (Lipinski definition) is 3. The second-order valence-electron chi connectivity index (χ2n) is 3.97. The molecule has 0 saturated carbocycles. The van der Waals surface area contributed by atoms with Gasteiger partial charge in [0.15, 0.2) is 5.75 Å². The van der Waals surface area contributed by atoms with E-state index in [-0.39, 0.29) is 18.9 Å². The van der Waals surface area contributed by atoms with Crippen molar-refractivity contribution in [3.8, 4) is 5.75 Å². The van der Waals surface area contributed by atoms with Crippen LogP contribution in [0, 0.1) is 0 Å². The highest BCUT2D eigenvalue weighted by Crippen LogP contribution is 2.06. The summed E-state index contributed by atoms with van der Waals surface area (Å²) in [5.74, 6) is -0.921. The number of pyridine rings is 1. The van der Waals surface area contributed by atoms with Crippen molar-refractivity contribution in [3.63, 3.8) is 0 Å². The van der Waals surface area contributed by atoms with Gasteiger partial charge in [-0.25, -0.2) is 0 Å². The van der Waals surface area contributed by atoms with Crippen LogP contribution in [0.1, 0.15) is 19.4 Å². The van der Waals surface area contributed by atoms with Crippen LogP contribution in [0.3, 0.4) is 0 Å². The van der Waals surface area contributed by atoms with Crippen LogP contribution in [0.4, 0.5) is 0 Å². The average molecular weight is 289 g/mol. The van der Waals surface area contributed by atoms with Crippen molar-refractivity contribution in [2.45, 2.75) is 27.0 Å². The van der Waals surface area contributed by atoms with E-state index < -0.39 is 11.5 Å². The summed E-state index contributed by atoms with van der Waals surface area (Å²) in [5, 5.41) is 8.69. The number of benzene rings is 1. The second kappa shape index (κ2) is 8.58. The minimum absolute atomic E-state index is 0.146. The van der Waals surface area contributed by atoms with Crippen molar-refractivity contribution < 1.29 is 14.6 Å². The molecule has 112 valence electrons. The zero-order valence-electron chi connectivity index (χ0n) is 12.2. The van der Waals surface area contributed by atoms with Crippen LogP contribution in [0.2, 0.25) is 0 Å². The summed E-state index contributed by atoms with van der Waals surface area (Å²) in [6, 6.07) is 12.6. The Bertz CT molecular complexity index is 620. The van der Waals surface area contributed by atoms with Crippen LogP contribution in [0.15, 0.2) is 53.5 Å². The van der Waals surface area contributed by atoms with Crippen LogP contribution in [-0.4, -0.2) is 15.6 Å². The van der Waals surface area contributed by atoms with E-state index in [9.17, 15) is 9.59 Å². The Morgan fingerprint density at radius 2 is 1.81 bits per heavy atom. The molecular weight excluding hydrogens is 270 g/mol. The molecule has 0 radical (unpaired) electrons. The lowest BCUT2D eigenvalue weighted by atomic mass is 10.2. The average Bonchev–Trinajstić information content (AvgIpc) is 2.51. The molecule has 0 amide bonds. The van der Waals surface area contributed by atoms with E-state index in [1.165, 1.54) is 12.3 Å². The molecule has 0 aliphatic heterocycles. The third-order valence-corrected chi connectivity index (χ3v) is 2.53. The van der Waals surface area contributed by atoms with E-state index in [1.54, 1.807) is 6.07 Å². The normalized spacial score (nSPS) is 9.43. The molecular formula is C16H19NO4. The summed E-state index contributed by atoms with van der Waals surface area (Å²) >= 11 is 0. The summed E-state index contributed by atoms with van der Waals surface area (Å²) in [4.78, 5) is 22.5. The Labute approximate surface area is 123 Å². The number of hydrogen-bond donors (Lipinski definition) is 1. The number of carboxylic acid groups (broad SMARTS) is 1. The van der Waals surface area contributed by atoms with E-state index in [1.807, 2.05) is 44.2 Å². The van der Waals surface area contributed by atoms with Crippen LogP contribution in [0.5, 0.6) is 5.75 Å². The first-order valence-corrected chi connectivity index (χ1v) is 6.75. The third-order valence-electron chi connectivity index (χ3n) is 2.53. The lowest BCUT2D eigenvalue weighted by molar-refractivity contribution is -0.137. The van der Waals surface area contributed by atoms with Gasteiger partial charge in [-0.1, -0.05) is 44.2 Å². The van der Waals surface area contributed by atoms with Gasteiger partial charge in [-0.05, 0) is 17.7 Å². The molecule has 0 fully saturated rings. The smallest absolute Gasteiger partial charge is 0.323 e. The van der Waals surface area contributed by atoms with Gasteiger partial charge in [0.25, 0.3) is 5.56 Å². The predicted molar refractivity (Wildman–Crippen MR) is 80.5 cm³/mol. The Kier molecular flexibility index (Phi) is 6.74. The van der Waals surface area contributed by atoms with E-state index in [4.69, 9.17) is 9.84 Å². The monoisotopic (exact) mass is 289 g/mol. The summed E-state index contributed by atoms with van der Waals surface area (Å²) in [5.41, 5.74) is 0.497. The van der Waals surface area contributed by atoms with Crippen LogP contribution in [-0.2, 0) is 17.9 Å². The topological polar surface area (TPSA) is 68.5 Å². The van der Waals surface area contributed by atoms with Gasteiger partial charge in [0.05, 0.1) is 0 Å². The molecule has 1 heterocycles. The standard InChI is InChI=1S/C14H13NO4.C2H6/c16-13(17)9-15-8-4-7-12(14(15)18)19-10-11-5-2-1-3-6-11;1-2/h1-8H,9-10H2,(H,16,17);1-2H3. The van der Waals surface area contributed by atoms with E-state index in [0.717, 1.165) is 10.1 Å². The van der Waals surface area contributed by atoms with Crippen molar-refractivity contribution >= 4 is 5.97 Å². The van der Waals surface area contributed by atoms with Gasteiger partial charge in [0, 0.05) is 6.20 Å². The lowest BCUT2D eigenvalue weighted by Crippen LogP contribution is -2.24. The Balaban J connectivity index is 0.00000106. The number of ether oxygens (including phenoxy) is 1. The highest BCUT2D eigenvalue weighted by Gasteiger charge is 2.07. The maximum Gasteiger partial charge on any atom is 0.323 e. The summed E-state index contributed by atoms with van der Waals surface area (Å²) in [7, 11) is 0. The van der Waals surface area contributed by atoms with Crippen molar-refractivity contribution in [1.29, 1.82) is 0 Å². The largest absolute Gasteiger partial charge is 0.483 e.